The van der Waals surface area contributed by atoms with Gasteiger partial charge >= 0.3 is 0 Å². The van der Waals surface area contributed by atoms with Gasteiger partial charge in [-0.1, -0.05) is 26.0 Å². The Morgan fingerprint density at radius 1 is 1.29 bits per heavy atom. The summed E-state index contributed by atoms with van der Waals surface area (Å²) in [6, 6.07) is 9.61. The second-order valence-corrected chi connectivity index (χ2v) is 6.25. The van der Waals surface area contributed by atoms with Gasteiger partial charge in [0, 0.05) is 36.1 Å². The lowest BCUT2D eigenvalue weighted by molar-refractivity contribution is 0.102. The topological polar surface area (TPSA) is 67.2 Å². The molecule has 0 aliphatic heterocycles. The molecule has 0 saturated heterocycles. The lowest BCUT2D eigenvalue weighted by Crippen LogP contribution is -2.12. The van der Waals surface area contributed by atoms with E-state index in [1.54, 1.807) is 12.3 Å². The van der Waals surface area contributed by atoms with Crippen molar-refractivity contribution in [2.75, 3.05) is 5.32 Å². The summed E-state index contributed by atoms with van der Waals surface area (Å²) in [4.78, 5) is 16.8. The normalized spacial score (nSPS) is 11.2. The zero-order valence-corrected chi connectivity index (χ0v) is 14.1. The SMILES string of the molecule is CC(C)c1ccc(NC(=O)c2cnc3c(c2)c(CO)cn3C)cc1. The number of carbonyl (C=O) groups excluding carboxylic acids is 1. The number of nitrogens with zero attached hydrogens (tertiary/aromatic N) is 2. The van der Waals surface area contributed by atoms with Gasteiger partial charge in [-0.15, -0.1) is 0 Å². The van der Waals surface area contributed by atoms with Gasteiger partial charge < -0.3 is 15.0 Å². The van der Waals surface area contributed by atoms with E-state index >= 15 is 0 Å². The van der Waals surface area contributed by atoms with E-state index in [4.69, 9.17) is 0 Å². The summed E-state index contributed by atoms with van der Waals surface area (Å²) in [5, 5.41) is 13.1. The van der Waals surface area contributed by atoms with E-state index in [0.717, 1.165) is 22.3 Å². The van der Waals surface area contributed by atoms with E-state index in [9.17, 15) is 9.90 Å². The Bertz CT molecular complexity index is 880. The molecule has 2 aromatic heterocycles. The molecule has 0 bridgehead atoms. The number of nitrogens with one attached hydrogen (secondary N) is 1. The van der Waals surface area contributed by atoms with Gasteiger partial charge in [0.1, 0.15) is 5.65 Å². The fraction of sp³-hybridized carbons (Fsp3) is 0.263. The first-order chi connectivity index (χ1) is 11.5. The van der Waals surface area contributed by atoms with E-state index in [1.165, 1.54) is 5.56 Å². The number of aliphatic hydroxyl groups is 1. The molecular weight excluding hydrogens is 302 g/mol. The second-order valence-electron chi connectivity index (χ2n) is 6.25. The first-order valence-corrected chi connectivity index (χ1v) is 7.95. The Labute approximate surface area is 141 Å². The minimum atomic E-state index is -0.213. The Morgan fingerprint density at radius 3 is 2.62 bits per heavy atom. The lowest BCUT2D eigenvalue weighted by Gasteiger charge is -2.08. The molecule has 0 radical (unpaired) electrons. The van der Waals surface area contributed by atoms with Gasteiger partial charge in [0.2, 0.25) is 0 Å². The summed E-state index contributed by atoms with van der Waals surface area (Å²) >= 11 is 0. The third kappa shape index (κ3) is 3.03. The van der Waals surface area contributed by atoms with Crippen molar-refractivity contribution in [1.29, 1.82) is 0 Å². The van der Waals surface area contributed by atoms with Crippen molar-refractivity contribution in [1.82, 2.24) is 9.55 Å². The van der Waals surface area contributed by atoms with Crippen LogP contribution in [0.2, 0.25) is 0 Å². The average Bonchev–Trinajstić information content (AvgIpc) is 2.91. The van der Waals surface area contributed by atoms with Crippen molar-refractivity contribution < 1.29 is 9.90 Å². The van der Waals surface area contributed by atoms with Gasteiger partial charge in [-0.05, 0) is 29.7 Å². The van der Waals surface area contributed by atoms with Crippen LogP contribution in [0.5, 0.6) is 0 Å². The van der Waals surface area contributed by atoms with Crippen LogP contribution in [0.3, 0.4) is 0 Å². The molecule has 2 heterocycles. The van der Waals surface area contributed by atoms with Gasteiger partial charge in [0.25, 0.3) is 5.91 Å². The maximum Gasteiger partial charge on any atom is 0.257 e. The summed E-state index contributed by atoms with van der Waals surface area (Å²) < 4.78 is 1.84. The van der Waals surface area contributed by atoms with E-state index in [1.807, 2.05) is 42.1 Å². The number of hydrogen-bond donors (Lipinski definition) is 2. The van der Waals surface area contributed by atoms with Crippen LogP contribution >= 0.6 is 0 Å². The minimum Gasteiger partial charge on any atom is -0.392 e. The quantitative estimate of drug-likeness (QED) is 0.773. The van der Waals surface area contributed by atoms with E-state index in [2.05, 4.69) is 24.1 Å². The van der Waals surface area contributed by atoms with E-state index < -0.39 is 0 Å². The number of anilines is 1. The summed E-state index contributed by atoms with van der Waals surface area (Å²) in [5.41, 5.74) is 3.96. The molecule has 1 amide bonds. The van der Waals surface area contributed by atoms with Crippen LogP contribution in [0.4, 0.5) is 5.69 Å². The van der Waals surface area contributed by atoms with Crippen molar-refractivity contribution in [2.24, 2.45) is 7.05 Å². The number of hydrogen-bond acceptors (Lipinski definition) is 3. The van der Waals surface area contributed by atoms with E-state index in [-0.39, 0.29) is 12.5 Å². The molecule has 5 heteroatoms. The zero-order chi connectivity index (χ0) is 17.3. The minimum absolute atomic E-state index is 0.0826. The van der Waals surface area contributed by atoms with Crippen LogP contribution in [-0.4, -0.2) is 20.6 Å². The molecule has 5 nitrogen and oxygen atoms in total. The number of rotatable bonds is 4. The standard InChI is InChI=1S/C19H21N3O2/c1-12(2)13-4-6-16(7-5-13)21-19(24)14-8-17-15(11-23)10-22(3)18(17)20-9-14/h4-10,12,23H,11H2,1-3H3,(H,21,24). The molecule has 1 aromatic carbocycles. The maximum absolute atomic E-state index is 12.5. The van der Waals surface area contributed by atoms with Crippen molar-refractivity contribution in [2.45, 2.75) is 26.4 Å². The first-order valence-electron chi connectivity index (χ1n) is 7.95. The molecule has 0 aliphatic carbocycles. The molecule has 0 saturated carbocycles. The molecule has 3 rings (SSSR count). The van der Waals surface area contributed by atoms with Gasteiger partial charge in [-0.2, -0.15) is 0 Å². The van der Waals surface area contributed by atoms with Crippen molar-refractivity contribution in [3.05, 3.63) is 59.4 Å². The summed E-state index contributed by atoms with van der Waals surface area (Å²) in [7, 11) is 1.87. The second kappa shape index (κ2) is 6.45. The summed E-state index contributed by atoms with van der Waals surface area (Å²) in [6.07, 6.45) is 3.38. The highest BCUT2D eigenvalue weighted by molar-refractivity contribution is 6.05. The zero-order valence-electron chi connectivity index (χ0n) is 14.1. The Morgan fingerprint density at radius 2 is 2.00 bits per heavy atom. The third-order valence-corrected chi connectivity index (χ3v) is 4.16. The molecule has 124 valence electrons. The smallest absolute Gasteiger partial charge is 0.257 e. The van der Waals surface area contributed by atoms with Gasteiger partial charge in [-0.3, -0.25) is 4.79 Å². The number of fused-ring (bicyclic) bond motifs is 1. The van der Waals surface area contributed by atoms with Crippen LogP contribution in [0.15, 0.2) is 42.7 Å². The molecule has 2 N–H and O–H groups in total. The van der Waals surface area contributed by atoms with Crippen LogP contribution in [0.1, 0.15) is 41.3 Å². The maximum atomic E-state index is 12.5. The predicted octanol–water partition coefficient (Wildman–Crippen LogP) is 3.44. The van der Waals surface area contributed by atoms with Crippen molar-refractivity contribution >= 4 is 22.6 Å². The third-order valence-electron chi connectivity index (χ3n) is 4.16. The van der Waals surface area contributed by atoms with E-state index in [0.29, 0.717) is 11.5 Å². The van der Waals surface area contributed by atoms with Crippen molar-refractivity contribution in [3.8, 4) is 0 Å². The Hall–Kier alpha value is -2.66. The molecule has 0 unspecified atom stereocenters. The number of aryl methyl sites for hydroxylation is 1. The Kier molecular flexibility index (Phi) is 4.36. The number of aliphatic hydroxyl groups excluding tert-OH is 1. The number of aromatic nitrogens is 2. The van der Waals surface area contributed by atoms with Crippen LogP contribution in [-0.2, 0) is 13.7 Å². The number of amides is 1. The highest BCUT2D eigenvalue weighted by Gasteiger charge is 2.12. The Balaban J connectivity index is 1.85. The van der Waals surface area contributed by atoms with Gasteiger partial charge in [0.15, 0.2) is 0 Å². The molecule has 3 aromatic rings. The number of pyridine rings is 1. The highest BCUT2D eigenvalue weighted by Crippen LogP contribution is 2.21. The summed E-state index contributed by atoms with van der Waals surface area (Å²) in [5.74, 6) is 0.241. The van der Waals surface area contributed by atoms with Crippen LogP contribution < -0.4 is 5.32 Å². The highest BCUT2D eigenvalue weighted by atomic mass is 16.3. The predicted molar refractivity (Wildman–Crippen MR) is 95.1 cm³/mol. The fourth-order valence-electron chi connectivity index (χ4n) is 2.74. The number of carbonyl (C=O) groups is 1. The lowest BCUT2D eigenvalue weighted by atomic mass is 10.0. The molecule has 0 atom stereocenters. The van der Waals surface area contributed by atoms with Crippen LogP contribution in [0.25, 0.3) is 11.0 Å². The van der Waals surface area contributed by atoms with Gasteiger partial charge in [-0.25, -0.2) is 4.98 Å². The molecule has 24 heavy (non-hydrogen) atoms. The number of benzene rings is 1. The van der Waals surface area contributed by atoms with Crippen LogP contribution in [0, 0.1) is 0 Å². The van der Waals surface area contributed by atoms with Gasteiger partial charge in [0.05, 0.1) is 12.2 Å². The monoisotopic (exact) mass is 323 g/mol. The molecular formula is C19H21N3O2. The summed E-state index contributed by atoms with van der Waals surface area (Å²) in [6.45, 7) is 4.18. The van der Waals surface area contributed by atoms with Crippen molar-refractivity contribution in [3.63, 3.8) is 0 Å². The first kappa shape index (κ1) is 16.2. The average molecular weight is 323 g/mol. The fourth-order valence-corrected chi connectivity index (χ4v) is 2.74. The molecule has 0 aliphatic rings. The molecule has 0 spiro atoms. The largest absolute Gasteiger partial charge is 0.392 e. The molecule has 0 fully saturated rings.